The van der Waals surface area contributed by atoms with Crippen LogP contribution < -0.4 is 4.90 Å². The number of carbonyl (C=O) groups excluding carboxylic acids is 1. The summed E-state index contributed by atoms with van der Waals surface area (Å²) in [6, 6.07) is 3.89. The summed E-state index contributed by atoms with van der Waals surface area (Å²) in [6.45, 7) is 10.7. The molecule has 0 saturated heterocycles. The molecular weight excluding hydrogens is 318 g/mol. The number of allylic oxidation sites excluding steroid dienone is 1. The minimum atomic E-state index is -0.0456. The highest BCUT2D eigenvalue weighted by atomic mass is 32.1. The van der Waals surface area contributed by atoms with Gasteiger partial charge in [-0.15, -0.1) is 0 Å². The van der Waals surface area contributed by atoms with Crippen molar-refractivity contribution in [3.63, 3.8) is 0 Å². The molecule has 5 heteroatoms. The first-order valence-corrected chi connectivity index (χ1v) is 8.93. The van der Waals surface area contributed by atoms with Crippen molar-refractivity contribution in [2.45, 2.75) is 41.0 Å². The molecule has 2 rings (SSSR count). The second-order valence-electron chi connectivity index (χ2n) is 6.96. The molecule has 2 aromatic heterocycles. The fourth-order valence-electron chi connectivity index (χ4n) is 2.31. The Morgan fingerprint density at radius 3 is 2.71 bits per heavy atom. The van der Waals surface area contributed by atoms with Crippen LogP contribution in [0.3, 0.4) is 0 Å². The van der Waals surface area contributed by atoms with Crippen LogP contribution in [0.1, 0.15) is 39.8 Å². The summed E-state index contributed by atoms with van der Waals surface area (Å²) in [4.78, 5) is 23.5. The Morgan fingerprint density at radius 1 is 1.38 bits per heavy atom. The number of amides is 1. The van der Waals surface area contributed by atoms with Crippen LogP contribution in [0.5, 0.6) is 0 Å². The van der Waals surface area contributed by atoms with Gasteiger partial charge in [-0.2, -0.15) is 0 Å². The lowest BCUT2D eigenvalue weighted by atomic mass is 9.91. The Balaban J connectivity index is 2.36. The molecule has 0 spiro atoms. The fraction of sp³-hybridized carbons (Fsp3) is 0.421. The predicted octanol–water partition coefficient (Wildman–Crippen LogP) is 4.86. The normalized spacial score (nSPS) is 11.9. The standard InChI is InChI=1S/C19H25N3OS/c1-6-7-11-22(16(23)12-19(3,4)5)18-14(2)21-17(24-18)15-9-8-10-20-13-15/h6-10,13H,11-12H2,1-5H3. The molecule has 24 heavy (non-hydrogen) atoms. The zero-order valence-corrected chi connectivity index (χ0v) is 15.9. The van der Waals surface area contributed by atoms with Crippen molar-refractivity contribution in [3.05, 3.63) is 42.4 Å². The summed E-state index contributed by atoms with van der Waals surface area (Å²) in [5.41, 5.74) is 1.81. The molecule has 2 heterocycles. The van der Waals surface area contributed by atoms with Crippen LogP contribution in [0.2, 0.25) is 0 Å². The van der Waals surface area contributed by atoms with E-state index in [1.54, 1.807) is 23.7 Å². The third-order valence-corrected chi connectivity index (χ3v) is 4.66. The lowest BCUT2D eigenvalue weighted by Crippen LogP contribution is -2.33. The minimum absolute atomic E-state index is 0.0456. The number of nitrogens with zero attached hydrogens (tertiary/aromatic N) is 3. The monoisotopic (exact) mass is 343 g/mol. The Labute approximate surface area is 148 Å². The van der Waals surface area contributed by atoms with E-state index >= 15 is 0 Å². The van der Waals surface area contributed by atoms with Crippen molar-refractivity contribution in [3.8, 4) is 10.6 Å². The van der Waals surface area contributed by atoms with E-state index in [9.17, 15) is 4.79 Å². The van der Waals surface area contributed by atoms with Gasteiger partial charge in [-0.3, -0.25) is 14.7 Å². The molecule has 128 valence electrons. The number of rotatable bonds is 5. The molecule has 0 aromatic carbocycles. The molecule has 1 amide bonds. The number of hydrogen-bond donors (Lipinski definition) is 0. The van der Waals surface area contributed by atoms with Gasteiger partial charge in [-0.1, -0.05) is 44.3 Å². The maximum atomic E-state index is 12.8. The average molecular weight is 343 g/mol. The van der Waals surface area contributed by atoms with Gasteiger partial charge in [0, 0.05) is 30.9 Å². The van der Waals surface area contributed by atoms with E-state index in [-0.39, 0.29) is 11.3 Å². The van der Waals surface area contributed by atoms with Crippen molar-refractivity contribution in [1.82, 2.24) is 9.97 Å². The van der Waals surface area contributed by atoms with Crippen LogP contribution in [0.25, 0.3) is 10.6 Å². The fourth-order valence-corrected chi connectivity index (χ4v) is 3.39. The maximum absolute atomic E-state index is 12.8. The summed E-state index contributed by atoms with van der Waals surface area (Å²) in [5, 5.41) is 1.81. The minimum Gasteiger partial charge on any atom is -0.298 e. The van der Waals surface area contributed by atoms with E-state index in [1.165, 1.54) is 0 Å². The molecule has 0 bridgehead atoms. The van der Waals surface area contributed by atoms with Crippen LogP contribution >= 0.6 is 11.3 Å². The van der Waals surface area contributed by atoms with Gasteiger partial charge in [0.2, 0.25) is 5.91 Å². The van der Waals surface area contributed by atoms with Gasteiger partial charge in [0.25, 0.3) is 0 Å². The number of anilines is 1. The summed E-state index contributed by atoms with van der Waals surface area (Å²) < 4.78 is 0. The number of aryl methyl sites for hydroxylation is 1. The average Bonchev–Trinajstić information content (AvgIpc) is 2.89. The first-order chi connectivity index (χ1) is 11.3. The zero-order chi connectivity index (χ0) is 17.7. The summed E-state index contributed by atoms with van der Waals surface area (Å²) >= 11 is 1.55. The molecule has 0 aliphatic heterocycles. The molecular formula is C19H25N3OS. The summed E-state index contributed by atoms with van der Waals surface area (Å²) in [6.07, 6.45) is 8.02. The maximum Gasteiger partial charge on any atom is 0.228 e. The smallest absolute Gasteiger partial charge is 0.228 e. The highest BCUT2D eigenvalue weighted by molar-refractivity contribution is 7.19. The zero-order valence-electron chi connectivity index (χ0n) is 15.0. The lowest BCUT2D eigenvalue weighted by Gasteiger charge is -2.25. The third kappa shape index (κ3) is 4.74. The lowest BCUT2D eigenvalue weighted by molar-refractivity contribution is -0.120. The number of carbonyl (C=O) groups is 1. The third-order valence-electron chi connectivity index (χ3n) is 3.43. The van der Waals surface area contributed by atoms with Gasteiger partial charge in [0.15, 0.2) is 0 Å². The van der Waals surface area contributed by atoms with Crippen molar-refractivity contribution in [1.29, 1.82) is 0 Å². The highest BCUT2D eigenvalue weighted by Crippen LogP contribution is 2.35. The quantitative estimate of drug-likeness (QED) is 0.728. The van der Waals surface area contributed by atoms with Crippen LogP contribution in [0.4, 0.5) is 5.00 Å². The molecule has 4 nitrogen and oxygen atoms in total. The van der Waals surface area contributed by atoms with Gasteiger partial charge < -0.3 is 0 Å². The van der Waals surface area contributed by atoms with Gasteiger partial charge in [-0.25, -0.2) is 4.98 Å². The SMILES string of the molecule is CC=CCN(C(=O)CC(C)(C)C)c1sc(-c2cccnc2)nc1C. The highest BCUT2D eigenvalue weighted by Gasteiger charge is 2.25. The van der Waals surface area contributed by atoms with Crippen LogP contribution in [-0.4, -0.2) is 22.4 Å². The van der Waals surface area contributed by atoms with Crippen molar-refractivity contribution in [2.24, 2.45) is 5.41 Å². The van der Waals surface area contributed by atoms with Crippen LogP contribution in [0.15, 0.2) is 36.7 Å². The molecule has 0 aliphatic rings. The van der Waals surface area contributed by atoms with Crippen molar-refractivity contribution >= 4 is 22.2 Å². The van der Waals surface area contributed by atoms with E-state index in [4.69, 9.17) is 0 Å². The second-order valence-corrected chi connectivity index (χ2v) is 7.94. The van der Waals surface area contributed by atoms with E-state index in [0.717, 1.165) is 21.3 Å². The second kappa shape index (κ2) is 7.71. The first-order valence-electron chi connectivity index (χ1n) is 8.11. The van der Waals surface area contributed by atoms with Gasteiger partial charge in [0.1, 0.15) is 10.0 Å². The Morgan fingerprint density at radius 2 is 2.12 bits per heavy atom. The molecule has 0 unspecified atom stereocenters. The molecule has 0 aliphatic carbocycles. The molecule has 0 fully saturated rings. The van der Waals surface area contributed by atoms with E-state index in [2.05, 4.69) is 30.7 Å². The molecule has 0 atom stereocenters. The number of hydrogen-bond acceptors (Lipinski definition) is 4. The predicted molar refractivity (Wildman–Crippen MR) is 101 cm³/mol. The Kier molecular flexibility index (Phi) is 5.89. The Bertz CT molecular complexity index is 714. The van der Waals surface area contributed by atoms with Crippen LogP contribution in [0, 0.1) is 12.3 Å². The number of aromatic nitrogens is 2. The van der Waals surface area contributed by atoms with Gasteiger partial charge in [0.05, 0.1) is 5.69 Å². The van der Waals surface area contributed by atoms with E-state index in [1.807, 2.05) is 43.0 Å². The van der Waals surface area contributed by atoms with Gasteiger partial charge >= 0.3 is 0 Å². The number of thiazole rings is 1. The largest absolute Gasteiger partial charge is 0.298 e. The molecule has 0 radical (unpaired) electrons. The van der Waals surface area contributed by atoms with Gasteiger partial charge in [-0.05, 0) is 31.4 Å². The van der Waals surface area contributed by atoms with Crippen molar-refractivity contribution < 1.29 is 4.79 Å². The molecule has 0 N–H and O–H groups in total. The topological polar surface area (TPSA) is 46.1 Å². The first kappa shape index (κ1) is 18.3. The van der Waals surface area contributed by atoms with Crippen molar-refractivity contribution in [2.75, 3.05) is 11.4 Å². The number of pyridine rings is 1. The summed E-state index contributed by atoms with van der Waals surface area (Å²) in [7, 11) is 0. The van der Waals surface area contributed by atoms with E-state index in [0.29, 0.717) is 13.0 Å². The van der Waals surface area contributed by atoms with E-state index < -0.39 is 0 Å². The molecule has 2 aromatic rings. The Hall–Kier alpha value is -2.01. The molecule has 0 saturated carbocycles. The summed E-state index contributed by atoms with van der Waals surface area (Å²) in [5.74, 6) is 0.130. The van der Waals surface area contributed by atoms with Crippen LogP contribution in [-0.2, 0) is 4.79 Å².